The summed E-state index contributed by atoms with van der Waals surface area (Å²) in [7, 11) is 0. The second-order valence-corrected chi connectivity index (χ2v) is 3.43. The zero-order valence-corrected chi connectivity index (χ0v) is 6.78. The molecule has 1 heterocycles. The molecular weight excluding hydrogens is 171 g/mol. The Hall–Kier alpha value is -0.290. The van der Waals surface area contributed by atoms with E-state index in [9.17, 15) is 13.2 Å². The van der Waals surface area contributed by atoms with E-state index >= 15 is 0 Å². The largest absolute Gasteiger partial charge is 0.396 e. The second-order valence-electron chi connectivity index (χ2n) is 3.43. The van der Waals surface area contributed by atoms with E-state index in [-0.39, 0.29) is 13.1 Å². The molecule has 1 saturated heterocycles. The van der Waals surface area contributed by atoms with Crippen LogP contribution in [0.25, 0.3) is 0 Å². The van der Waals surface area contributed by atoms with Gasteiger partial charge in [-0.15, -0.1) is 0 Å². The van der Waals surface area contributed by atoms with Crippen LogP contribution in [0, 0.1) is 11.3 Å². The van der Waals surface area contributed by atoms with Gasteiger partial charge >= 0.3 is 6.18 Å². The standard InChI is InChI=1S/C7H12F3NO/c1-6(7(8,9)10)4-11-2-5(6)3-12/h5,11-12H,2-4H2,1H3/t5-,6+/m0/s1. The van der Waals surface area contributed by atoms with E-state index in [0.717, 1.165) is 6.92 Å². The van der Waals surface area contributed by atoms with Crippen LogP contribution in [0.4, 0.5) is 13.2 Å². The lowest BCUT2D eigenvalue weighted by Gasteiger charge is -2.31. The van der Waals surface area contributed by atoms with Gasteiger partial charge in [0.2, 0.25) is 0 Å². The van der Waals surface area contributed by atoms with Crippen molar-refractivity contribution in [3.63, 3.8) is 0 Å². The van der Waals surface area contributed by atoms with Crippen LogP contribution in [-0.2, 0) is 0 Å². The van der Waals surface area contributed by atoms with Crippen LogP contribution in [0.2, 0.25) is 0 Å². The topological polar surface area (TPSA) is 32.3 Å². The Bertz CT molecular complexity index is 171. The zero-order valence-electron chi connectivity index (χ0n) is 6.78. The van der Waals surface area contributed by atoms with Crippen molar-refractivity contribution in [3.05, 3.63) is 0 Å². The number of alkyl halides is 3. The van der Waals surface area contributed by atoms with E-state index < -0.39 is 24.1 Å². The molecule has 0 aromatic rings. The molecule has 2 N–H and O–H groups in total. The normalized spacial score (nSPS) is 37.2. The number of nitrogens with one attached hydrogen (secondary N) is 1. The molecule has 2 atom stereocenters. The summed E-state index contributed by atoms with van der Waals surface area (Å²) in [6.07, 6.45) is -4.23. The van der Waals surface area contributed by atoms with Gasteiger partial charge in [0, 0.05) is 25.6 Å². The first-order valence-electron chi connectivity index (χ1n) is 3.80. The summed E-state index contributed by atoms with van der Waals surface area (Å²) in [5.74, 6) is -0.711. The molecule has 12 heavy (non-hydrogen) atoms. The van der Waals surface area contributed by atoms with Crippen molar-refractivity contribution < 1.29 is 18.3 Å². The van der Waals surface area contributed by atoms with Crippen LogP contribution in [-0.4, -0.2) is 31.0 Å². The Morgan fingerprint density at radius 1 is 1.58 bits per heavy atom. The van der Waals surface area contributed by atoms with Crippen molar-refractivity contribution in [1.82, 2.24) is 5.32 Å². The van der Waals surface area contributed by atoms with Crippen LogP contribution in [0.1, 0.15) is 6.92 Å². The smallest absolute Gasteiger partial charge is 0.395 e. The van der Waals surface area contributed by atoms with Gasteiger partial charge in [-0.25, -0.2) is 0 Å². The van der Waals surface area contributed by atoms with Gasteiger partial charge in [0.1, 0.15) is 0 Å². The molecule has 0 unspecified atom stereocenters. The highest BCUT2D eigenvalue weighted by atomic mass is 19.4. The zero-order chi connectivity index (χ0) is 9.41. The molecule has 0 aromatic carbocycles. The number of rotatable bonds is 1. The third kappa shape index (κ3) is 1.31. The van der Waals surface area contributed by atoms with Gasteiger partial charge in [-0.1, -0.05) is 0 Å². The van der Waals surface area contributed by atoms with Crippen molar-refractivity contribution >= 4 is 0 Å². The minimum atomic E-state index is -4.23. The number of hydrogen-bond acceptors (Lipinski definition) is 2. The van der Waals surface area contributed by atoms with Crippen molar-refractivity contribution in [2.24, 2.45) is 11.3 Å². The van der Waals surface area contributed by atoms with Gasteiger partial charge in [0.05, 0.1) is 5.41 Å². The molecular formula is C7H12F3NO. The average molecular weight is 183 g/mol. The molecule has 1 aliphatic rings. The molecule has 72 valence electrons. The number of aliphatic hydroxyl groups is 1. The highest BCUT2D eigenvalue weighted by Crippen LogP contribution is 2.45. The number of aliphatic hydroxyl groups excluding tert-OH is 1. The molecule has 0 aliphatic carbocycles. The van der Waals surface area contributed by atoms with E-state index in [1.807, 2.05) is 0 Å². The predicted octanol–water partition coefficient (Wildman–Crippen LogP) is 0.767. The summed E-state index contributed by atoms with van der Waals surface area (Å²) in [4.78, 5) is 0. The second kappa shape index (κ2) is 2.88. The van der Waals surface area contributed by atoms with Crippen LogP contribution < -0.4 is 5.32 Å². The Balaban J connectivity index is 2.82. The first-order chi connectivity index (χ1) is 5.42. The molecule has 0 spiro atoms. The lowest BCUT2D eigenvalue weighted by molar-refractivity contribution is -0.227. The molecule has 1 aliphatic heterocycles. The summed E-state index contributed by atoms with van der Waals surface area (Å²) in [5, 5.41) is 11.4. The maximum absolute atomic E-state index is 12.4. The van der Waals surface area contributed by atoms with Gasteiger partial charge < -0.3 is 10.4 Å². The minimum absolute atomic E-state index is 0.0955. The summed E-state index contributed by atoms with van der Waals surface area (Å²) in [6.45, 7) is 0.880. The molecule has 0 saturated carbocycles. The molecule has 2 nitrogen and oxygen atoms in total. The Morgan fingerprint density at radius 2 is 2.17 bits per heavy atom. The SMILES string of the molecule is C[C@@]1(C(F)(F)F)CNC[C@H]1CO. The monoisotopic (exact) mass is 183 g/mol. The van der Waals surface area contributed by atoms with E-state index in [1.54, 1.807) is 0 Å². The molecule has 1 fully saturated rings. The minimum Gasteiger partial charge on any atom is -0.396 e. The molecule has 5 heteroatoms. The maximum Gasteiger partial charge on any atom is 0.395 e. The molecule has 0 amide bonds. The predicted molar refractivity (Wildman–Crippen MR) is 37.6 cm³/mol. The van der Waals surface area contributed by atoms with Crippen LogP contribution >= 0.6 is 0 Å². The van der Waals surface area contributed by atoms with E-state index in [1.165, 1.54) is 0 Å². The Morgan fingerprint density at radius 3 is 2.50 bits per heavy atom. The van der Waals surface area contributed by atoms with Crippen molar-refractivity contribution in [3.8, 4) is 0 Å². The lowest BCUT2D eigenvalue weighted by Crippen LogP contribution is -2.43. The fourth-order valence-electron chi connectivity index (χ4n) is 1.47. The van der Waals surface area contributed by atoms with E-state index in [4.69, 9.17) is 5.11 Å². The molecule has 0 bridgehead atoms. The third-order valence-corrected chi connectivity index (χ3v) is 2.65. The lowest BCUT2D eigenvalue weighted by atomic mass is 9.80. The highest BCUT2D eigenvalue weighted by Gasteiger charge is 2.57. The van der Waals surface area contributed by atoms with Crippen molar-refractivity contribution in [2.45, 2.75) is 13.1 Å². The van der Waals surface area contributed by atoms with E-state index in [0.29, 0.717) is 0 Å². The molecule has 1 rings (SSSR count). The van der Waals surface area contributed by atoms with Gasteiger partial charge in [0.15, 0.2) is 0 Å². The van der Waals surface area contributed by atoms with Gasteiger partial charge in [-0.2, -0.15) is 13.2 Å². The average Bonchev–Trinajstić information content (AvgIpc) is 2.30. The van der Waals surface area contributed by atoms with Gasteiger partial charge in [-0.3, -0.25) is 0 Å². The van der Waals surface area contributed by atoms with Crippen molar-refractivity contribution in [2.75, 3.05) is 19.7 Å². The number of halogens is 3. The van der Waals surface area contributed by atoms with Crippen molar-refractivity contribution in [1.29, 1.82) is 0 Å². The van der Waals surface area contributed by atoms with Crippen LogP contribution in [0.3, 0.4) is 0 Å². The summed E-state index contributed by atoms with van der Waals surface area (Å²) < 4.78 is 37.3. The summed E-state index contributed by atoms with van der Waals surface area (Å²) >= 11 is 0. The maximum atomic E-state index is 12.4. The quantitative estimate of drug-likeness (QED) is 0.629. The van der Waals surface area contributed by atoms with E-state index in [2.05, 4.69) is 5.32 Å². The summed E-state index contributed by atoms with van der Waals surface area (Å²) in [6, 6.07) is 0. The van der Waals surface area contributed by atoms with Gasteiger partial charge in [0.25, 0.3) is 0 Å². The van der Waals surface area contributed by atoms with Gasteiger partial charge in [-0.05, 0) is 6.92 Å². The molecule has 0 radical (unpaired) electrons. The van der Waals surface area contributed by atoms with Crippen LogP contribution in [0.15, 0.2) is 0 Å². The summed E-state index contributed by atoms with van der Waals surface area (Å²) in [5.41, 5.74) is -1.76. The Labute approximate surface area is 68.8 Å². The third-order valence-electron chi connectivity index (χ3n) is 2.65. The number of hydrogen-bond donors (Lipinski definition) is 2. The fraction of sp³-hybridized carbons (Fsp3) is 1.00. The highest BCUT2D eigenvalue weighted by molar-refractivity contribution is 4.96. The first kappa shape index (κ1) is 9.80. The Kier molecular flexibility index (Phi) is 2.35. The molecule has 0 aromatic heterocycles. The first-order valence-corrected chi connectivity index (χ1v) is 3.80. The fourth-order valence-corrected chi connectivity index (χ4v) is 1.47. The van der Waals surface area contributed by atoms with Crippen LogP contribution in [0.5, 0.6) is 0 Å².